The Morgan fingerprint density at radius 3 is 1.11 bits per heavy atom. The maximum absolute atomic E-state index is 2.74. The van der Waals surface area contributed by atoms with Gasteiger partial charge < -0.3 is 0 Å². The molecule has 0 aliphatic heterocycles. The molecule has 0 atom stereocenters. The summed E-state index contributed by atoms with van der Waals surface area (Å²) in [5.41, 5.74) is 5.38. The summed E-state index contributed by atoms with van der Waals surface area (Å²) in [6, 6.07) is 44.5. The van der Waals surface area contributed by atoms with Gasteiger partial charge in [-0.1, -0.05) is 154 Å². The molecule has 0 radical (unpaired) electrons. The van der Waals surface area contributed by atoms with Crippen LogP contribution in [0.2, 0.25) is 0 Å². The molecule has 0 saturated carbocycles. The lowest BCUT2D eigenvalue weighted by Crippen LogP contribution is -2.35. The maximum atomic E-state index is 2.74. The van der Waals surface area contributed by atoms with Gasteiger partial charge in [0.15, 0.2) is 0 Å². The molecule has 0 heterocycles. The van der Waals surface area contributed by atoms with Gasteiger partial charge in [-0.2, -0.15) is 0 Å². The van der Waals surface area contributed by atoms with Crippen molar-refractivity contribution in [2.24, 2.45) is 5.92 Å². The highest BCUT2D eigenvalue weighted by atomic mass is 15.2. The van der Waals surface area contributed by atoms with Crippen molar-refractivity contribution in [3.8, 4) is 0 Å². The predicted molar refractivity (Wildman–Crippen MR) is 149 cm³/mol. The predicted octanol–water partition coefficient (Wildman–Crippen LogP) is 9.08. The zero-order valence-corrected chi connectivity index (χ0v) is 21.3. The standard InChI is InChI=1S/C34H39N/c1-28(2)18-8-7-17-27-35(33(29-19-9-3-10-20-29)30-21-11-4-12-22-30)34(31-23-13-5-14-24-31)32-25-15-6-16-26-32/h3-6,9-16,19-26,28,33-34H,7-8,17-18,27H2,1-2H3. The lowest BCUT2D eigenvalue weighted by atomic mass is 9.90. The fourth-order valence-corrected chi connectivity index (χ4v) is 5.12. The van der Waals surface area contributed by atoms with Gasteiger partial charge in [-0.25, -0.2) is 0 Å². The Kier molecular flexibility index (Phi) is 9.32. The van der Waals surface area contributed by atoms with Crippen molar-refractivity contribution < 1.29 is 0 Å². The summed E-state index contributed by atoms with van der Waals surface area (Å²) >= 11 is 0. The molecule has 1 nitrogen and oxygen atoms in total. The van der Waals surface area contributed by atoms with Crippen molar-refractivity contribution in [3.63, 3.8) is 0 Å². The molecular formula is C34H39N. The van der Waals surface area contributed by atoms with E-state index >= 15 is 0 Å². The van der Waals surface area contributed by atoms with Gasteiger partial charge in [0.25, 0.3) is 0 Å². The topological polar surface area (TPSA) is 3.24 Å². The first-order chi connectivity index (χ1) is 17.2. The van der Waals surface area contributed by atoms with Gasteiger partial charge in [0.1, 0.15) is 0 Å². The summed E-state index contributed by atoms with van der Waals surface area (Å²) in [5.74, 6) is 0.772. The fraction of sp³-hybridized carbons (Fsp3) is 0.294. The van der Waals surface area contributed by atoms with E-state index < -0.39 is 0 Å². The molecule has 180 valence electrons. The third-order valence-corrected chi connectivity index (χ3v) is 6.82. The van der Waals surface area contributed by atoms with Crippen molar-refractivity contribution in [2.75, 3.05) is 6.54 Å². The summed E-state index contributed by atoms with van der Waals surface area (Å²) in [4.78, 5) is 2.74. The number of unbranched alkanes of at least 4 members (excludes halogenated alkanes) is 2. The van der Waals surface area contributed by atoms with Gasteiger partial charge >= 0.3 is 0 Å². The molecule has 35 heavy (non-hydrogen) atoms. The smallest absolute Gasteiger partial charge is 0.0610 e. The van der Waals surface area contributed by atoms with Gasteiger partial charge in [-0.15, -0.1) is 0 Å². The summed E-state index contributed by atoms with van der Waals surface area (Å²) < 4.78 is 0. The minimum atomic E-state index is 0.174. The zero-order chi connectivity index (χ0) is 24.3. The van der Waals surface area contributed by atoms with Crippen molar-refractivity contribution in [1.82, 2.24) is 4.90 Å². The molecule has 0 bridgehead atoms. The molecule has 4 rings (SSSR count). The van der Waals surface area contributed by atoms with Crippen LogP contribution in [-0.4, -0.2) is 11.4 Å². The Morgan fingerprint density at radius 2 is 0.800 bits per heavy atom. The summed E-state index contributed by atoms with van der Waals surface area (Å²) in [6.45, 7) is 5.70. The number of nitrogens with zero attached hydrogens (tertiary/aromatic N) is 1. The highest BCUT2D eigenvalue weighted by Crippen LogP contribution is 2.39. The lowest BCUT2D eigenvalue weighted by Gasteiger charge is -2.39. The van der Waals surface area contributed by atoms with Crippen molar-refractivity contribution >= 4 is 0 Å². The highest BCUT2D eigenvalue weighted by molar-refractivity contribution is 5.37. The monoisotopic (exact) mass is 461 g/mol. The van der Waals surface area contributed by atoms with Crippen LogP contribution >= 0.6 is 0 Å². The van der Waals surface area contributed by atoms with Gasteiger partial charge in [0.2, 0.25) is 0 Å². The van der Waals surface area contributed by atoms with Crippen LogP contribution in [0.15, 0.2) is 121 Å². The van der Waals surface area contributed by atoms with E-state index in [1.165, 1.54) is 47.9 Å². The van der Waals surface area contributed by atoms with Crippen LogP contribution in [0, 0.1) is 5.92 Å². The van der Waals surface area contributed by atoms with Crippen LogP contribution in [0.25, 0.3) is 0 Å². The Morgan fingerprint density at radius 1 is 0.457 bits per heavy atom. The molecule has 0 aromatic heterocycles. The van der Waals surface area contributed by atoms with Crippen LogP contribution in [0.3, 0.4) is 0 Å². The molecule has 0 spiro atoms. The summed E-state index contributed by atoms with van der Waals surface area (Å²) in [5, 5.41) is 0. The number of rotatable bonds is 12. The van der Waals surface area contributed by atoms with E-state index in [2.05, 4.69) is 140 Å². The quantitative estimate of drug-likeness (QED) is 0.190. The van der Waals surface area contributed by atoms with E-state index in [1.54, 1.807) is 0 Å². The minimum absolute atomic E-state index is 0.174. The number of hydrogen-bond acceptors (Lipinski definition) is 1. The first kappa shape index (κ1) is 24.9. The van der Waals surface area contributed by atoms with Gasteiger partial charge in [-0.05, 0) is 34.6 Å². The van der Waals surface area contributed by atoms with Crippen molar-refractivity contribution in [2.45, 2.75) is 51.6 Å². The first-order valence-corrected chi connectivity index (χ1v) is 13.2. The molecule has 0 fully saturated rings. The second-order valence-corrected chi connectivity index (χ2v) is 9.93. The minimum Gasteiger partial charge on any atom is -0.281 e. The average molecular weight is 462 g/mol. The van der Waals surface area contributed by atoms with Crippen LogP contribution in [0.1, 0.15) is 73.9 Å². The molecular weight excluding hydrogens is 422 g/mol. The molecule has 1 heteroatoms. The van der Waals surface area contributed by atoms with Crippen molar-refractivity contribution in [1.29, 1.82) is 0 Å². The Labute approximate surface area is 212 Å². The van der Waals surface area contributed by atoms with E-state index in [0.29, 0.717) is 0 Å². The molecule has 4 aromatic rings. The molecule has 0 unspecified atom stereocenters. The van der Waals surface area contributed by atoms with Crippen LogP contribution in [0.4, 0.5) is 0 Å². The summed E-state index contributed by atoms with van der Waals surface area (Å²) in [6.07, 6.45) is 5.07. The van der Waals surface area contributed by atoms with Crippen LogP contribution in [0.5, 0.6) is 0 Å². The van der Waals surface area contributed by atoms with Crippen LogP contribution in [-0.2, 0) is 0 Å². The third kappa shape index (κ3) is 6.93. The summed E-state index contributed by atoms with van der Waals surface area (Å²) in [7, 11) is 0. The van der Waals surface area contributed by atoms with Gasteiger partial charge in [0, 0.05) is 6.54 Å². The zero-order valence-electron chi connectivity index (χ0n) is 21.3. The van der Waals surface area contributed by atoms with E-state index in [9.17, 15) is 0 Å². The van der Waals surface area contributed by atoms with Crippen molar-refractivity contribution in [3.05, 3.63) is 144 Å². The Bertz CT molecular complexity index is 928. The molecule has 4 aromatic carbocycles. The van der Waals surface area contributed by atoms with Gasteiger partial charge in [0.05, 0.1) is 12.1 Å². The lowest BCUT2D eigenvalue weighted by molar-refractivity contribution is 0.175. The van der Waals surface area contributed by atoms with Crippen LogP contribution < -0.4 is 0 Å². The SMILES string of the molecule is CC(C)CCCCCN(C(c1ccccc1)c1ccccc1)C(c1ccccc1)c1ccccc1. The van der Waals surface area contributed by atoms with E-state index in [-0.39, 0.29) is 12.1 Å². The fourth-order valence-electron chi connectivity index (χ4n) is 5.12. The molecule has 0 aliphatic rings. The van der Waals surface area contributed by atoms with E-state index in [1.807, 2.05) is 0 Å². The van der Waals surface area contributed by atoms with E-state index in [4.69, 9.17) is 0 Å². The largest absolute Gasteiger partial charge is 0.281 e. The molecule has 0 amide bonds. The molecule has 0 saturated heterocycles. The third-order valence-electron chi connectivity index (χ3n) is 6.82. The van der Waals surface area contributed by atoms with E-state index in [0.717, 1.165) is 12.5 Å². The average Bonchev–Trinajstić information content (AvgIpc) is 2.91. The maximum Gasteiger partial charge on any atom is 0.0610 e. The normalized spacial score (nSPS) is 11.6. The number of benzene rings is 4. The van der Waals surface area contributed by atoms with Gasteiger partial charge in [-0.3, -0.25) is 4.90 Å². The Balaban J connectivity index is 1.79. The Hall–Kier alpha value is -3.16. The second-order valence-electron chi connectivity index (χ2n) is 9.93. The highest BCUT2D eigenvalue weighted by Gasteiger charge is 2.30. The first-order valence-electron chi connectivity index (χ1n) is 13.2. The second kappa shape index (κ2) is 13.1. The molecule has 0 N–H and O–H groups in total. The number of hydrogen-bond donors (Lipinski definition) is 0. The molecule has 0 aliphatic carbocycles.